The number of amides is 2. The molecule has 0 saturated heterocycles. The van der Waals surface area contributed by atoms with Gasteiger partial charge in [-0.25, -0.2) is 0 Å². The van der Waals surface area contributed by atoms with Gasteiger partial charge in [0, 0.05) is 5.69 Å². The van der Waals surface area contributed by atoms with E-state index in [0.29, 0.717) is 11.0 Å². The lowest BCUT2D eigenvalue weighted by Gasteiger charge is -2.12. The first-order valence-electron chi connectivity index (χ1n) is 8.90. The van der Waals surface area contributed by atoms with Gasteiger partial charge in [-0.1, -0.05) is 48.2 Å². The molecule has 2 amide bonds. The Morgan fingerprint density at radius 1 is 1.10 bits per heavy atom. The molecule has 3 rings (SSSR count). The van der Waals surface area contributed by atoms with Crippen LogP contribution < -0.4 is 15.8 Å². The van der Waals surface area contributed by atoms with Crippen molar-refractivity contribution in [2.45, 2.75) is 18.7 Å². The number of nitrogens with two attached hydrogens (primary N) is 1. The molecule has 150 valence electrons. The van der Waals surface area contributed by atoms with Crippen LogP contribution in [-0.4, -0.2) is 38.9 Å². The quantitative estimate of drug-likeness (QED) is 0.520. The molecule has 2 aromatic carbocycles. The van der Waals surface area contributed by atoms with Crippen molar-refractivity contribution >= 4 is 23.6 Å². The third-order valence-corrected chi connectivity index (χ3v) is 4.89. The number of thioether (sulfide) groups is 1. The first-order chi connectivity index (χ1) is 14.0. The predicted molar refractivity (Wildman–Crippen MR) is 110 cm³/mol. The van der Waals surface area contributed by atoms with Crippen LogP contribution in [0.15, 0.2) is 59.8 Å². The summed E-state index contributed by atoms with van der Waals surface area (Å²) in [6, 6.07) is 17.3. The van der Waals surface area contributed by atoms with Gasteiger partial charge in [-0.15, -0.1) is 10.2 Å². The maximum Gasteiger partial charge on any atom is 0.236 e. The van der Waals surface area contributed by atoms with E-state index in [1.54, 1.807) is 0 Å². The van der Waals surface area contributed by atoms with E-state index in [9.17, 15) is 9.59 Å². The highest BCUT2D eigenvalue weighted by atomic mass is 32.2. The molecular formula is C20H21N5O3S. The van der Waals surface area contributed by atoms with Crippen molar-refractivity contribution in [3.05, 3.63) is 66.0 Å². The molecule has 1 heterocycles. The molecule has 0 atom stereocenters. The molecule has 3 aromatic rings. The Balaban J connectivity index is 1.77. The molecule has 0 unspecified atom stereocenters. The molecule has 0 aliphatic carbocycles. The molecule has 0 aliphatic heterocycles. The molecular weight excluding hydrogens is 390 g/mol. The van der Waals surface area contributed by atoms with E-state index < -0.39 is 5.91 Å². The SMILES string of the molecule is Cc1ccccc1OCc1nnc(SCC(=O)NCC(N)=O)n1-c1ccccc1. The summed E-state index contributed by atoms with van der Waals surface area (Å²) in [5.41, 5.74) is 6.93. The first-order valence-corrected chi connectivity index (χ1v) is 9.89. The van der Waals surface area contributed by atoms with Gasteiger partial charge in [0.1, 0.15) is 12.4 Å². The molecule has 8 nitrogen and oxygen atoms in total. The number of hydrogen-bond donors (Lipinski definition) is 2. The summed E-state index contributed by atoms with van der Waals surface area (Å²) in [5.74, 6) is 0.562. The number of rotatable bonds is 9. The Morgan fingerprint density at radius 3 is 2.55 bits per heavy atom. The highest BCUT2D eigenvalue weighted by Gasteiger charge is 2.16. The number of carbonyl (C=O) groups excluding carboxylic acids is 2. The maximum absolute atomic E-state index is 11.9. The van der Waals surface area contributed by atoms with Crippen LogP contribution in [0, 0.1) is 6.92 Å². The Morgan fingerprint density at radius 2 is 1.83 bits per heavy atom. The highest BCUT2D eigenvalue weighted by Crippen LogP contribution is 2.24. The van der Waals surface area contributed by atoms with Gasteiger partial charge in [0.25, 0.3) is 0 Å². The van der Waals surface area contributed by atoms with Gasteiger partial charge in [0.05, 0.1) is 12.3 Å². The Bertz CT molecular complexity index is 991. The zero-order chi connectivity index (χ0) is 20.6. The van der Waals surface area contributed by atoms with Crippen LogP contribution in [-0.2, 0) is 16.2 Å². The second kappa shape index (κ2) is 9.74. The molecule has 0 aliphatic rings. The number of benzene rings is 2. The fourth-order valence-corrected chi connectivity index (χ4v) is 3.35. The first kappa shape index (κ1) is 20.4. The summed E-state index contributed by atoms with van der Waals surface area (Å²) < 4.78 is 7.78. The number of primary amides is 1. The fraction of sp³-hybridized carbons (Fsp3) is 0.200. The van der Waals surface area contributed by atoms with E-state index in [0.717, 1.165) is 17.0 Å². The van der Waals surface area contributed by atoms with E-state index in [2.05, 4.69) is 15.5 Å². The molecule has 0 saturated carbocycles. The van der Waals surface area contributed by atoms with E-state index in [1.807, 2.05) is 66.1 Å². The zero-order valence-electron chi connectivity index (χ0n) is 15.9. The van der Waals surface area contributed by atoms with Crippen molar-refractivity contribution in [3.8, 4) is 11.4 Å². The van der Waals surface area contributed by atoms with Crippen LogP contribution in [0.3, 0.4) is 0 Å². The largest absolute Gasteiger partial charge is 0.485 e. The summed E-state index contributed by atoms with van der Waals surface area (Å²) in [5, 5.41) is 11.5. The molecule has 1 aromatic heterocycles. The second-order valence-corrected chi connectivity index (χ2v) is 7.10. The number of aromatic nitrogens is 3. The van der Waals surface area contributed by atoms with Crippen LogP contribution >= 0.6 is 11.8 Å². The van der Waals surface area contributed by atoms with Crippen molar-refractivity contribution in [1.29, 1.82) is 0 Å². The van der Waals surface area contributed by atoms with Crippen LogP contribution in [0.1, 0.15) is 11.4 Å². The van der Waals surface area contributed by atoms with Crippen LogP contribution in [0.5, 0.6) is 5.75 Å². The van der Waals surface area contributed by atoms with Crippen LogP contribution in [0.25, 0.3) is 5.69 Å². The van der Waals surface area contributed by atoms with Gasteiger partial charge in [0.2, 0.25) is 11.8 Å². The Hall–Kier alpha value is -3.33. The number of carbonyl (C=O) groups is 2. The molecule has 29 heavy (non-hydrogen) atoms. The van der Waals surface area contributed by atoms with Gasteiger partial charge < -0.3 is 15.8 Å². The number of nitrogens with one attached hydrogen (secondary N) is 1. The van der Waals surface area contributed by atoms with E-state index in [1.165, 1.54) is 11.8 Å². The molecule has 0 radical (unpaired) electrons. The summed E-state index contributed by atoms with van der Waals surface area (Å²) >= 11 is 1.22. The zero-order valence-corrected chi connectivity index (χ0v) is 16.7. The van der Waals surface area contributed by atoms with Gasteiger partial charge in [-0.3, -0.25) is 14.2 Å². The van der Waals surface area contributed by atoms with Gasteiger partial charge in [0.15, 0.2) is 11.0 Å². The van der Waals surface area contributed by atoms with E-state index >= 15 is 0 Å². The normalized spacial score (nSPS) is 10.5. The summed E-state index contributed by atoms with van der Waals surface area (Å²) in [6.45, 7) is 2.00. The number of aryl methyl sites for hydroxylation is 1. The third kappa shape index (κ3) is 5.58. The third-order valence-electron chi connectivity index (χ3n) is 3.96. The fourth-order valence-electron chi connectivity index (χ4n) is 2.55. The van der Waals surface area contributed by atoms with Crippen LogP contribution in [0.2, 0.25) is 0 Å². The summed E-state index contributed by atoms with van der Waals surface area (Å²) in [4.78, 5) is 22.7. The minimum absolute atomic E-state index is 0.0803. The molecule has 0 spiro atoms. The monoisotopic (exact) mass is 411 g/mol. The standard InChI is InChI=1S/C20H21N5O3S/c1-14-7-5-6-10-16(14)28-12-18-23-24-20(25(18)15-8-3-2-4-9-15)29-13-19(27)22-11-17(21)26/h2-10H,11-13H2,1H3,(H2,21,26)(H,22,27). The second-order valence-electron chi connectivity index (χ2n) is 6.16. The topological polar surface area (TPSA) is 112 Å². The van der Waals surface area contributed by atoms with Crippen molar-refractivity contribution in [2.24, 2.45) is 5.73 Å². The lowest BCUT2D eigenvalue weighted by molar-refractivity contribution is -0.123. The van der Waals surface area contributed by atoms with Gasteiger partial charge in [-0.2, -0.15) is 0 Å². The van der Waals surface area contributed by atoms with Gasteiger partial charge in [-0.05, 0) is 30.7 Å². The number of ether oxygens (including phenoxy) is 1. The van der Waals surface area contributed by atoms with Crippen molar-refractivity contribution in [1.82, 2.24) is 20.1 Å². The molecule has 0 bridgehead atoms. The minimum Gasteiger partial charge on any atom is -0.485 e. The maximum atomic E-state index is 11.9. The Kier molecular flexibility index (Phi) is 6.85. The van der Waals surface area contributed by atoms with E-state index in [4.69, 9.17) is 10.5 Å². The number of para-hydroxylation sites is 2. The summed E-state index contributed by atoms with van der Waals surface area (Å²) in [7, 11) is 0. The number of hydrogen-bond acceptors (Lipinski definition) is 6. The average molecular weight is 411 g/mol. The molecule has 0 fully saturated rings. The minimum atomic E-state index is -0.591. The average Bonchev–Trinajstić information content (AvgIpc) is 3.13. The predicted octanol–water partition coefficient (Wildman–Crippen LogP) is 1.85. The molecule has 3 N–H and O–H groups in total. The van der Waals surface area contributed by atoms with Crippen molar-refractivity contribution in [3.63, 3.8) is 0 Å². The van der Waals surface area contributed by atoms with E-state index in [-0.39, 0.29) is 24.8 Å². The Labute approximate surface area is 172 Å². The highest BCUT2D eigenvalue weighted by molar-refractivity contribution is 7.99. The van der Waals surface area contributed by atoms with Crippen LogP contribution in [0.4, 0.5) is 0 Å². The smallest absolute Gasteiger partial charge is 0.236 e. The lowest BCUT2D eigenvalue weighted by Crippen LogP contribution is -2.34. The van der Waals surface area contributed by atoms with Gasteiger partial charge >= 0.3 is 0 Å². The molecule has 9 heteroatoms. The lowest BCUT2D eigenvalue weighted by atomic mass is 10.2. The number of nitrogens with zero attached hydrogens (tertiary/aromatic N) is 3. The van der Waals surface area contributed by atoms with Crippen molar-refractivity contribution < 1.29 is 14.3 Å². The van der Waals surface area contributed by atoms with Crippen molar-refractivity contribution in [2.75, 3.05) is 12.3 Å². The summed E-state index contributed by atoms with van der Waals surface area (Å²) in [6.07, 6.45) is 0.